The van der Waals surface area contributed by atoms with Crippen LogP contribution < -0.4 is 5.73 Å². The van der Waals surface area contributed by atoms with Crippen molar-refractivity contribution in [2.75, 3.05) is 0 Å². The Labute approximate surface area is 83.3 Å². The third-order valence-corrected chi connectivity index (χ3v) is 3.09. The summed E-state index contributed by atoms with van der Waals surface area (Å²) in [6.07, 6.45) is 2.13. The summed E-state index contributed by atoms with van der Waals surface area (Å²) in [5.74, 6) is 0. The van der Waals surface area contributed by atoms with Gasteiger partial charge >= 0.3 is 0 Å². The summed E-state index contributed by atoms with van der Waals surface area (Å²) in [5, 5.41) is 1.34. The molecule has 2 nitrogen and oxygen atoms in total. The zero-order valence-corrected chi connectivity index (χ0v) is 8.11. The molecule has 2 N–H and O–H groups in total. The molecule has 2 aromatic rings. The first-order valence-electron chi connectivity index (χ1n) is 5.17. The van der Waals surface area contributed by atoms with Gasteiger partial charge in [0.15, 0.2) is 0 Å². The number of aryl methyl sites for hydroxylation is 1. The summed E-state index contributed by atoms with van der Waals surface area (Å²) in [5.41, 5.74) is 8.71. The lowest BCUT2D eigenvalue weighted by atomic mass is 10.1. The molecule has 1 aliphatic heterocycles. The van der Waals surface area contributed by atoms with E-state index < -0.39 is 0 Å². The molecule has 0 saturated carbocycles. The summed E-state index contributed by atoms with van der Waals surface area (Å²) in [4.78, 5) is 0. The summed E-state index contributed by atoms with van der Waals surface area (Å²) in [6, 6.07) is 11.2. The topological polar surface area (TPSA) is 30.9 Å². The molecule has 3 rings (SSSR count). The lowest BCUT2D eigenvalue weighted by Crippen LogP contribution is -2.30. The maximum atomic E-state index is 5.96. The van der Waals surface area contributed by atoms with Gasteiger partial charge < -0.3 is 10.3 Å². The van der Waals surface area contributed by atoms with Crippen molar-refractivity contribution in [3.63, 3.8) is 0 Å². The Kier molecular flexibility index (Phi) is 1.64. The number of nitrogens with zero attached hydrogens (tertiary/aromatic N) is 1. The highest BCUT2D eigenvalue weighted by Gasteiger charge is 2.16. The molecule has 2 heteroatoms. The van der Waals surface area contributed by atoms with Crippen LogP contribution in [0.1, 0.15) is 12.1 Å². The van der Waals surface area contributed by atoms with E-state index in [0.717, 1.165) is 19.4 Å². The normalized spacial score (nSPS) is 21.1. The number of fused-ring (bicyclic) bond motifs is 3. The van der Waals surface area contributed by atoms with Gasteiger partial charge in [0, 0.05) is 30.2 Å². The van der Waals surface area contributed by atoms with Crippen molar-refractivity contribution < 1.29 is 0 Å². The van der Waals surface area contributed by atoms with E-state index >= 15 is 0 Å². The van der Waals surface area contributed by atoms with Crippen LogP contribution >= 0.6 is 0 Å². The Morgan fingerprint density at radius 2 is 2.14 bits per heavy atom. The van der Waals surface area contributed by atoms with E-state index in [-0.39, 0.29) is 0 Å². The van der Waals surface area contributed by atoms with Crippen LogP contribution in [0.4, 0.5) is 0 Å². The van der Waals surface area contributed by atoms with Crippen LogP contribution in [0.3, 0.4) is 0 Å². The van der Waals surface area contributed by atoms with E-state index in [2.05, 4.69) is 34.9 Å². The highest BCUT2D eigenvalue weighted by Crippen LogP contribution is 2.24. The highest BCUT2D eigenvalue weighted by molar-refractivity contribution is 5.81. The molecule has 1 aromatic carbocycles. The number of rotatable bonds is 0. The molecule has 1 atom stereocenters. The molecule has 0 aliphatic carbocycles. The monoisotopic (exact) mass is 186 g/mol. The average Bonchev–Trinajstić information content (AvgIpc) is 2.54. The van der Waals surface area contributed by atoms with Crippen LogP contribution in [-0.4, -0.2) is 10.6 Å². The maximum absolute atomic E-state index is 5.96. The fourth-order valence-electron chi connectivity index (χ4n) is 2.37. The van der Waals surface area contributed by atoms with Gasteiger partial charge in [-0.3, -0.25) is 0 Å². The molecular weight excluding hydrogens is 172 g/mol. The van der Waals surface area contributed by atoms with Crippen molar-refractivity contribution in [1.29, 1.82) is 0 Å². The average molecular weight is 186 g/mol. The quantitative estimate of drug-likeness (QED) is 0.669. The maximum Gasteiger partial charge on any atom is 0.0482 e. The number of para-hydroxylation sites is 1. The van der Waals surface area contributed by atoms with Crippen LogP contribution in [0.2, 0.25) is 0 Å². The summed E-state index contributed by atoms with van der Waals surface area (Å²) >= 11 is 0. The second kappa shape index (κ2) is 2.85. The minimum absolute atomic E-state index is 0.354. The number of nitrogens with two attached hydrogens (primary N) is 1. The molecule has 0 saturated heterocycles. The summed E-state index contributed by atoms with van der Waals surface area (Å²) < 4.78 is 2.40. The van der Waals surface area contributed by atoms with E-state index in [1.807, 2.05) is 0 Å². The number of aromatic nitrogens is 1. The Bertz CT molecular complexity index is 470. The largest absolute Gasteiger partial charge is 0.344 e. The van der Waals surface area contributed by atoms with E-state index in [4.69, 9.17) is 5.73 Å². The van der Waals surface area contributed by atoms with E-state index in [1.54, 1.807) is 0 Å². The first kappa shape index (κ1) is 8.06. The Morgan fingerprint density at radius 1 is 1.29 bits per heavy atom. The molecule has 1 aromatic heterocycles. The lowest BCUT2D eigenvalue weighted by molar-refractivity contribution is 0.480. The second-order valence-electron chi connectivity index (χ2n) is 4.10. The van der Waals surface area contributed by atoms with Crippen molar-refractivity contribution in [2.24, 2.45) is 5.73 Å². The molecule has 0 fully saturated rings. The number of hydrogen-bond donors (Lipinski definition) is 1. The minimum Gasteiger partial charge on any atom is -0.344 e. The summed E-state index contributed by atoms with van der Waals surface area (Å²) in [6.45, 7) is 1.07. The van der Waals surface area contributed by atoms with Crippen LogP contribution in [0, 0.1) is 0 Å². The summed E-state index contributed by atoms with van der Waals surface area (Å²) in [7, 11) is 0. The van der Waals surface area contributed by atoms with Gasteiger partial charge in [-0.2, -0.15) is 0 Å². The molecule has 1 aliphatic rings. The van der Waals surface area contributed by atoms with Gasteiger partial charge in [-0.05, 0) is 23.9 Å². The van der Waals surface area contributed by atoms with Crippen LogP contribution in [0.5, 0.6) is 0 Å². The molecule has 0 radical (unpaired) electrons. The fourth-order valence-corrected chi connectivity index (χ4v) is 2.37. The molecule has 1 unspecified atom stereocenters. The highest BCUT2D eigenvalue weighted by atomic mass is 15.0. The lowest BCUT2D eigenvalue weighted by Gasteiger charge is -2.21. The van der Waals surface area contributed by atoms with Gasteiger partial charge in [-0.15, -0.1) is 0 Å². The fraction of sp³-hybridized carbons (Fsp3) is 0.333. The third kappa shape index (κ3) is 1.07. The Hall–Kier alpha value is -1.28. The van der Waals surface area contributed by atoms with E-state index in [9.17, 15) is 0 Å². The van der Waals surface area contributed by atoms with Gasteiger partial charge in [-0.25, -0.2) is 0 Å². The molecule has 0 spiro atoms. The van der Waals surface area contributed by atoms with Crippen molar-refractivity contribution in [2.45, 2.75) is 25.4 Å². The van der Waals surface area contributed by atoms with Crippen LogP contribution in [-0.2, 0) is 13.0 Å². The van der Waals surface area contributed by atoms with Gasteiger partial charge in [0.25, 0.3) is 0 Å². The van der Waals surface area contributed by atoms with Crippen molar-refractivity contribution in [1.82, 2.24) is 4.57 Å². The van der Waals surface area contributed by atoms with Gasteiger partial charge in [0.2, 0.25) is 0 Å². The predicted molar refractivity (Wildman–Crippen MR) is 58.2 cm³/mol. The van der Waals surface area contributed by atoms with Gasteiger partial charge in [0.05, 0.1) is 0 Å². The smallest absolute Gasteiger partial charge is 0.0482 e. The van der Waals surface area contributed by atoms with Crippen molar-refractivity contribution >= 4 is 10.9 Å². The Balaban J connectivity index is 2.24. The zero-order valence-electron chi connectivity index (χ0n) is 8.11. The van der Waals surface area contributed by atoms with Crippen molar-refractivity contribution in [3.05, 3.63) is 36.0 Å². The van der Waals surface area contributed by atoms with Gasteiger partial charge in [0.1, 0.15) is 0 Å². The molecule has 72 valence electrons. The first-order valence-corrected chi connectivity index (χ1v) is 5.17. The SMILES string of the molecule is NC1CCn2c(cc3ccccc32)C1. The molecule has 0 amide bonds. The predicted octanol–water partition coefficient (Wildman–Crippen LogP) is 1.91. The number of hydrogen-bond acceptors (Lipinski definition) is 1. The molecule has 0 bridgehead atoms. The molecule has 2 heterocycles. The van der Waals surface area contributed by atoms with Crippen molar-refractivity contribution in [3.8, 4) is 0 Å². The minimum atomic E-state index is 0.354. The van der Waals surface area contributed by atoms with Crippen LogP contribution in [0.15, 0.2) is 30.3 Å². The standard InChI is InChI=1S/C12H14N2/c13-10-5-6-14-11(8-10)7-9-3-1-2-4-12(9)14/h1-4,7,10H,5-6,8,13H2. The van der Waals surface area contributed by atoms with E-state index in [1.165, 1.54) is 16.6 Å². The molecule has 14 heavy (non-hydrogen) atoms. The van der Waals surface area contributed by atoms with Crippen LogP contribution in [0.25, 0.3) is 10.9 Å². The third-order valence-electron chi connectivity index (χ3n) is 3.09. The van der Waals surface area contributed by atoms with E-state index in [0.29, 0.717) is 6.04 Å². The van der Waals surface area contributed by atoms with Gasteiger partial charge in [-0.1, -0.05) is 18.2 Å². The first-order chi connectivity index (χ1) is 6.84. The second-order valence-corrected chi connectivity index (χ2v) is 4.10. The Morgan fingerprint density at radius 3 is 3.07 bits per heavy atom. The molecular formula is C12H14N2. The zero-order chi connectivity index (χ0) is 9.54. The number of benzene rings is 1.